The van der Waals surface area contributed by atoms with Crippen molar-refractivity contribution in [2.75, 3.05) is 6.61 Å². The molecule has 3 heteroatoms. The van der Waals surface area contributed by atoms with Crippen LogP contribution in [0.15, 0.2) is 11.8 Å². The number of allylic oxidation sites excluding steroid dienone is 1. The van der Waals surface area contributed by atoms with Crippen LogP contribution in [0.5, 0.6) is 0 Å². The highest BCUT2D eigenvalue weighted by Crippen LogP contribution is 2.11. The summed E-state index contributed by atoms with van der Waals surface area (Å²) in [6.45, 7) is 2.26. The number of carbonyl (C=O) groups excluding carboxylic acids is 1. The second-order valence-electron chi connectivity index (χ2n) is 1.69. The first kappa shape index (κ1) is 6.29. The predicted octanol–water partition coefficient (Wildman–Crippen LogP) is 0.462. The van der Waals surface area contributed by atoms with Crippen LogP contribution in [0.1, 0.15) is 6.92 Å². The lowest BCUT2D eigenvalue weighted by molar-refractivity contribution is -0.129. The molecular formula is C6H8O3. The molecule has 0 spiro atoms. The number of carbonyl (C=O) groups is 1. The molecule has 1 aliphatic heterocycles. The average Bonchev–Trinajstić information content (AvgIpc) is 2.34. The maximum absolute atomic E-state index is 9.99. The van der Waals surface area contributed by atoms with Crippen molar-refractivity contribution in [3.05, 3.63) is 11.8 Å². The van der Waals surface area contributed by atoms with Gasteiger partial charge in [0.1, 0.15) is 12.4 Å². The summed E-state index contributed by atoms with van der Waals surface area (Å²) in [6.07, 6.45) is 1.75. The van der Waals surface area contributed by atoms with Gasteiger partial charge in [0.15, 0.2) is 6.29 Å². The van der Waals surface area contributed by atoms with Gasteiger partial charge in [-0.05, 0) is 13.0 Å². The molecule has 1 saturated heterocycles. The van der Waals surface area contributed by atoms with E-state index in [1.165, 1.54) is 0 Å². The van der Waals surface area contributed by atoms with Crippen LogP contribution in [0.2, 0.25) is 0 Å². The van der Waals surface area contributed by atoms with Crippen molar-refractivity contribution in [3.8, 4) is 0 Å². The Kier molecular flexibility index (Phi) is 1.85. The number of hydrogen-bond donors (Lipinski definition) is 0. The Morgan fingerprint density at radius 2 is 2.56 bits per heavy atom. The summed E-state index contributed by atoms with van der Waals surface area (Å²) < 4.78 is 9.78. The molecule has 0 saturated carbocycles. The summed E-state index contributed by atoms with van der Waals surface area (Å²) >= 11 is 0. The minimum absolute atomic E-state index is 0.417. The number of hydrogen-bond acceptors (Lipinski definition) is 3. The van der Waals surface area contributed by atoms with Crippen molar-refractivity contribution in [3.63, 3.8) is 0 Å². The van der Waals surface area contributed by atoms with Crippen LogP contribution in [0.4, 0.5) is 0 Å². The van der Waals surface area contributed by atoms with Crippen molar-refractivity contribution in [1.82, 2.24) is 0 Å². The summed E-state index contributed by atoms with van der Waals surface area (Å²) in [7, 11) is 0. The molecule has 1 aliphatic rings. The first-order valence-electron chi connectivity index (χ1n) is 2.75. The smallest absolute Gasteiger partial charge is 0.256 e. The minimum atomic E-state index is -0.670. The molecule has 0 aliphatic carbocycles. The van der Waals surface area contributed by atoms with Crippen molar-refractivity contribution >= 4 is 6.29 Å². The average molecular weight is 128 g/mol. The van der Waals surface area contributed by atoms with Gasteiger partial charge in [-0.25, -0.2) is 0 Å². The molecule has 0 aromatic rings. The van der Waals surface area contributed by atoms with Gasteiger partial charge in [-0.3, -0.25) is 4.79 Å². The summed E-state index contributed by atoms with van der Waals surface area (Å²) in [5, 5.41) is 0. The van der Waals surface area contributed by atoms with E-state index in [1.807, 2.05) is 6.92 Å². The Morgan fingerprint density at radius 1 is 1.78 bits per heavy atom. The van der Waals surface area contributed by atoms with Gasteiger partial charge in [-0.2, -0.15) is 0 Å². The van der Waals surface area contributed by atoms with Crippen LogP contribution >= 0.6 is 0 Å². The third-order valence-corrected chi connectivity index (χ3v) is 1.09. The summed E-state index contributed by atoms with van der Waals surface area (Å²) in [6, 6.07) is 0. The molecule has 0 N–H and O–H groups in total. The highest BCUT2D eigenvalue weighted by Gasteiger charge is 2.18. The van der Waals surface area contributed by atoms with Gasteiger partial charge >= 0.3 is 0 Å². The molecule has 1 heterocycles. The van der Waals surface area contributed by atoms with Crippen LogP contribution in [-0.2, 0) is 14.3 Å². The van der Waals surface area contributed by atoms with E-state index in [4.69, 9.17) is 9.47 Å². The highest BCUT2D eigenvalue weighted by atomic mass is 16.7. The fourth-order valence-corrected chi connectivity index (χ4v) is 0.600. The number of aldehydes is 1. The van der Waals surface area contributed by atoms with Crippen LogP contribution in [-0.4, -0.2) is 19.2 Å². The Hall–Kier alpha value is -0.830. The zero-order valence-corrected chi connectivity index (χ0v) is 5.16. The van der Waals surface area contributed by atoms with Gasteiger partial charge in [0.05, 0.1) is 0 Å². The van der Waals surface area contributed by atoms with Crippen LogP contribution < -0.4 is 0 Å². The molecule has 1 unspecified atom stereocenters. The lowest BCUT2D eigenvalue weighted by Gasteiger charge is -1.97. The quantitative estimate of drug-likeness (QED) is 0.481. The third kappa shape index (κ3) is 1.29. The van der Waals surface area contributed by atoms with E-state index in [0.29, 0.717) is 12.9 Å². The van der Waals surface area contributed by atoms with Gasteiger partial charge in [0.2, 0.25) is 0 Å². The molecule has 1 rings (SSSR count). The monoisotopic (exact) mass is 128 g/mol. The SMILES string of the molecule is CC=C1COC(C=O)O1. The second kappa shape index (κ2) is 2.64. The molecule has 1 fully saturated rings. The molecular weight excluding hydrogens is 120 g/mol. The predicted molar refractivity (Wildman–Crippen MR) is 30.6 cm³/mol. The van der Waals surface area contributed by atoms with Gasteiger partial charge in [0.25, 0.3) is 6.29 Å². The lowest BCUT2D eigenvalue weighted by atomic mass is 10.5. The summed E-state index contributed by atoms with van der Waals surface area (Å²) in [5.74, 6) is 0.729. The van der Waals surface area contributed by atoms with Gasteiger partial charge < -0.3 is 9.47 Å². The molecule has 0 radical (unpaired) electrons. The van der Waals surface area contributed by atoms with Crippen molar-refractivity contribution in [2.24, 2.45) is 0 Å². The highest BCUT2D eigenvalue weighted by molar-refractivity contribution is 5.54. The summed E-state index contributed by atoms with van der Waals surface area (Å²) in [5.41, 5.74) is 0. The second-order valence-corrected chi connectivity index (χ2v) is 1.69. The van der Waals surface area contributed by atoms with E-state index in [2.05, 4.69) is 0 Å². The molecule has 0 amide bonds. The molecule has 9 heavy (non-hydrogen) atoms. The fraction of sp³-hybridized carbons (Fsp3) is 0.500. The van der Waals surface area contributed by atoms with E-state index in [1.54, 1.807) is 6.08 Å². The summed E-state index contributed by atoms with van der Waals surface area (Å²) in [4.78, 5) is 9.99. The standard InChI is InChI=1S/C6H8O3/c1-2-5-4-8-6(3-7)9-5/h2-3,6H,4H2,1H3. The molecule has 0 aromatic carbocycles. The van der Waals surface area contributed by atoms with E-state index >= 15 is 0 Å². The van der Waals surface area contributed by atoms with Crippen molar-refractivity contribution in [2.45, 2.75) is 13.2 Å². The van der Waals surface area contributed by atoms with Crippen LogP contribution in [0, 0.1) is 0 Å². The molecule has 0 aromatic heterocycles. The van der Waals surface area contributed by atoms with E-state index in [-0.39, 0.29) is 0 Å². The topological polar surface area (TPSA) is 35.5 Å². The van der Waals surface area contributed by atoms with E-state index < -0.39 is 6.29 Å². The minimum Gasteiger partial charge on any atom is -0.460 e. The zero-order chi connectivity index (χ0) is 6.69. The number of ether oxygens (including phenoxy) is 2. The lowest BCUT2D eigenvalue weighted by Crippen LogP contribution is -2.07. The van der Waals surface area contributed by atoms with Crippen molar-refractivity contribution in [1.29, 1.82) is 0 Å². The molecule has 0 bridgehead atoms. The first-order chi connectivity index (χ1) is 4.36. The first-order valence-corrected chi connectivity index (χ1v) is 2.75. The normalized spacial score (nSPS) is 30.3. The zero-order valence-electron chi connectivity index (χ0n) is 5.16. The Labute approximate surface area is 53.3 Å². The van der Waals surface area contributed by atoms with E-state index in [9.17, 15) is 4.79 Å². The maximum atomic E-state index is 9.99. The van der Waals surface area contributed by atoms with Crippen molar-refractivity contribution < 1.29 is 14.3 Å². The van der Waals surface area contributed by atoms with Gasteiger partial charge in [-0.1, -0.05) is 0 Å². The molecule has 50 valence electrons. The third-order valence-electron chi connectivity index (χ3n) is 1.09. The van der Waals surface area contributed by atoms with E-state index in [0.717, 1.165) is 5.76 Å². The molecule has 1 atom stereocenters. The van der Waals surface area contributed by atoms with Gasteiger partial charge in [-0.15, -0.1) is 0 Å². The molecule has 3 nitrogen and oxygen atoms in total. The number of rotatable bonds is 1. The van der Waals surface area contributed by atoms with Crippen LogP contribution in [0.3, 0.4) is 0 Å². The van der Waals surface area contributed by atoms with Crippen LogP contribution in [0.25, 0.3) is 0 Å². The fourth-order valence-electron chi connectivity index (χ4n) is 0.600. The maximum Gasteiger partial charge on any atom is 0.256 e. The Bertz CT molecular complexity index is 139. The Balaban J connectivity index is 2.46. The van der Waals surface area contributed by atoms with Gasteiger partial charge in [0, 0.05) is 0 Å². The largest absolute Gasteiger partial charge is 0.460 e. The Morgan fingerprint density at radius 3 is 2.89 bits per heavy atom.